The average Bonchev–Trinajstić information content (AvgIpc) is 2.69. The molecule has 0 radical (unpaired) electrons. The maximum atomic E-state index is 12.5. The zero-order chi connectivity index (χ0) is 15.5. The summed E-state index contributed by atoms with van der Waals surface area (Å²) in [6.07, 6.45) is 1.09. The third kappa shape index (κ3) is 4.67. The summed E-state index contributed by atoms with van der Waals surface area (Å²) in [5, 5.41) is 8.98. The van der Waals surface area contributed by atoms with Gasteiger partial charge >= 0.3 is 12.0 Å². The summed E-state index contributed by atoms with van der Waals surface area (Å²) < 4.78 is 0. The third-order valence-electron chi connectivity index (χ3n) is 3.68. The van der Waals surface area contributed by atoms with Crippen molar-refractivity contribution in [3.8, 4) is 0 Å². The quantitative estimate of drug-likeness (QED) is 0.842. The van der Waals surface area contributed by atoms with Gasteiger partial charge in [0.15, 0.2) is 0 Å². The van der Waals surface area contributed by atoms with E-state index in [2.05, 4.69) is 11.9 Å². The molecule has 1 aliphatic heterocycles. The molecule has 1 rings (SSSR count). The van der Waals surface area contributed by atoms with E-state index in [0.717, 1.165) is 19.5 Å². The zero-order valence-electron chi connectivity index (χ0n) is 13.2. The summed E-state index contributed by atoms with van der Waals surface area (Å²) in [5.74, 6) is -0.511. The molecule has 6 heteroatoms. The second kappa shape index (κ2) is 6.43. The van der Waals surface area contributed by atoms with Gasteiger partial charge in [-0.1, -0.05) is 0 Å². The topological polar surface area (TPSA) is 64.1 Å². The highest BCUT2D eigenvalue weighted by Gasteiger charge is 2.32. The standard InChI is InChI=1S/C14H27N3O3/c1-14(2,3)17(10-12(18)19)13(20)16(5)9-11-6-7-15(4)8-11/h11H,6-10H2,1-5H3,(H,18,19). The molecule has 0 aromatic heterocycles. The van der Waals surface area contributed by atoms with E-state index >= 15 is 0 Å². The summed E-state index contributed by atoms with van der Waals surface area (Å²) in [6, 6.07) is -0.213. The van der Waals surface area contributed by atoms with E-state index in [-0.39, 0.29) is 12.6 Å². The Kier molecular flexibility index (Phi) is 5.39. The van der Waals surface area contributed by atoms with Crippen molar-refractivity contribution in [2.45, 2.75) is 32.7 Å². The van der Waals surface area contributed by atoms with Crippen molar-refractivity contribution >= 4 is 12.0 Å². The minimum Gasteiger partial charge on any atom is -0.480 e. The predicted octanol–water partition coefficient (Wildman–Crippen LogP) is 1.17. The largest absolute Gasteiger partial charge is 0.480 e. The van der Waals surface area contributed by atoms with Gasteiger partial charge < -0.3 is 19.8 Å². The first kappa shape index (κ1) is 16.8. The molecule has 116 valence electrons. The predicted molar refractivity (Wildman–Crippen MR) is 77.7 cm³/mol. The molecule has 1 heterocycles. The Hall–Kier alpha value is -1.30. The fraction of sp³-hybridized carbons (Fsp3) is 0.857. The van der Waals surface area contributed by atoms with Gasteiger partial charge in [0.2, 0.25) is 0 Å². The number of carbonyl (C=O) groups is 2. The Bertz CT molecular complexity index is 365. The van der Waals surface area contributed by atoms with Gasteiger partial charge in [0.1, 0.15) is 6.54 Å². The minimum absolute atomic E-state index is 0.213. The van der Waals surface area contributed by atoms with E-state index in [1.165, 1.54) is 4.90 Å². The minimum atomic E-state index is -0.984. The van der Waals surface area contributed by atoms with E-state index in [0.29, 0.717) is 12.5 Å². The van der Waals surface area contributed by atoms with Crippen LogP contribution in [0, 0.1) is 5.92 Å². The Morgan fingerprint density at radius 1 is 1.35 bits per heavy atom. The first-order chi connectivity index (χ1) is 9.11. The average molecular weight is 285 g/mol. The number of urea groups is 1. The normalized spacial score (nSPS) is 19.9. The van der Waals surface area contributed by atoms with Gasteiger partial charge in [0, 0.05) is 25.7 Å². The van der Waals surface area contributed by atoms with E-state index in [4.69, 9.17) is 5.11 Å². The molecule has 6 nitrogen and oxygen atoms in total. The number of carboxylic acids is 1. The Morgan fingerprint density at radius 3 is 2.35 bits per heavy atom. The summed E-state index contributed by atoms with van der Waals surface area (Å²) in [6.45, 7) is 8.02. The van der Waals surface area contributed by atoms with Crippen molar-refractivity contribution in [1.82, 2.24) is 14.7 Å². The molecule has 1 fully saturated rings. The van der Waals surface area contributed by atoms with Crippen LogP contribution in [-0.2, 0) is 4.79 Å². The van der Waals surface area contributed by atoms with Crippen molar-refractivity contribution in [3.05, 3.63) is 0 Å². The van der Waals surface area contributed by atoms with E-state index in [9.17, 15) is 9.59 Å². The molecular weight excluding hydrogens is 258 g/mol. The number of rotatable bonds is 4. The molecule has 0 saturated carbocycles. The number of nitrogens with zero attached hydrogens (tertiary/aromatic N) is 3. The molecule has 2 amide bonds. The summed E-state index contributed by atoms with van der Waals surface area (Å²) in [7, 11) is 3.83. The maximum Gasteiger partial charge on any atom is 0.323 e. The van der Waals surface area contributed by atoms with Gasteiger partial charge in [0.25, 0.3) is 0 Å². The molecule has 1 unspecified atom stereocenters. The lowest BCUT2D eigenvalue weighted by atomic mass is 10.1. The first-order valence-corrected chi connectivity index (χ1v) is 7.04. The monoisotopic (exact) mass is 285 g/mol. The highest BCUT2D eigenvalue weighted by Crippen LogP contribution is 2.19. The van der Waals surface area contributed by atoms with Gasteiger partial charge in [-0.05, 0) is 46.7 Å². The van der Waals surface area contributed by atoms with Crippen LogP contribution in [0.3, 0.4) is 0 Å². The molecule has 0 aromatic rings. The molecule has 1 N–H and O–H groups in total. The Morgan fingerprint density at radius 2 is 1.95 bits per heavy atom. The lowest BCUT2D eigenvalue weighted by molar-refractivity contribution is -0.138. The van der Waals surface area contributed by atoms with Crippen LogP contribution in [-0.4, -0.2) is 77.6 Å². The van der Waals surface area contributed by atoms with Crippen LogP contribution in [0.5, 0.6) is 0 Å². The van der Waals surface area contributed by atoms with E-state index < -0.39 is 11.5 Å². The van der Waals surface area contributed by atoms with Crippen molar-refractivity contribution in [2.24, 2.45) is 5.92 Å². The van der Waals surface area contributed by atoms with Crippen molar-refractivity contribution < 1.29 is 14.7 Å². The number of likely N-dealkylation sites (tertiary alicyclic amines) is 1. The Balaban J connectivity index is 2.66. The molecule has 0 aromatic carbocycles. The maximum absolute atomic E-state index is 12.5. The highest BCUT2D eigenvalue weighted by molar-refractivity contribution is 5.80. The van der Waals surface area contributed by atoms with Gasteiger partial charge in [-0.15, -0.1) is 0 Å². The summed E-state index contributed by atoms with van der Waals surface area (Å²) >= 11 is 0. The number of hydrogen-bond acceptors (Lipinski definition) is 3. The van der Waals surface area contributed by atoms with Crippen LogP contribution in [0.2, 0.25) is 0 Å². The van der Waals surface area contributed by atoms with Crippen LogP contribution in [0.25, 0.3) is 0 Å². The van der Waals surface area contributed by atoms with E-state index in [1.807, 2.05) is 20.8 Å². The number of carboxylic acid groups (broad SMARTS) is 1. The fourth-order valence-electron chi connectivity index (χ4n) is 2.57. The molecule has 1 atom stereocenters. The summed E-state index contributed by atoms with van der Waals surface area (Å²) in [5.41, 5.74) is -0.504. The smallest absolute Gasteiger partial charge is 0.323 e. The van der Waals surface area contributed by atoms with Crippen molar-refractivity contribution in [2.75, 3.05) is 40.3 Å². The van der Waals surface area contributed by atoms with Crippen molar-refractivity contribution in [1.29, 1.82) is 0 Å². The first-order valence-electron chi connectivity index (χ1n) is 7.04. The number of aliphatic carboxylic acids is 1. The van der Waals surface area contributed by atoms with Crippen molar-refractivity contribution in [3.63, 3.8) is 0 Å². The molecular formula is C14H27N3O3. The second-order valence-corrected chi connectivity index (χ2v) is 6.73. The summed E-state index contributed by atoms with van der Waals surface area (Å²) in [4.78, 5) is 28.7. The highest BCUT2D eigenvalue weighted by atomic mass is 16.4. The van der Waals surface area contributed by atoms with Gasteiger partial charge in [-0.2, -0.15) is 0 Å². The second-order valence-electron chi connectivity index (χ2n) is 6.73. The number of carbonyl (C=O) groups excluding carboxylic acids is 1. The molecule has 0 aliphatic carbocycles. The lowest BCUT2D eigenvalue weighted by Crippen LogP contribution is -2.53. The SMILES string of the molecule is CN1CCC(CN(C)C(=O)N(CC(=O)O)C(C)(C)C)C1. The third-order valence-corrected chi connectivity index (χ3v) is 3.68. The lowest BCUT2D eigenvalue weighted by Gasteiger charge is -2.37. The molecule has 1 aliphatic rings. The van der Waals surface area contributed by atoms with Gasteiger partial charge in [-0.25, -0.2) is 4.79 Å². The molecule has 20 heavy (non-hydrogen) atoms. The fourth-order valence-corrected chi connectivity index (χ4v) is 2.57. The Labute approximate surface area is 121 Å². The van der Waals surface area contributed by atoms with Crippen LogP contribution >= 0.6 is 0 Å². The van der Waals surface area contributed by atoms with Crippen LogP contribution < -0.4 is 0 Å². The van der Waals surface area contributed by atoms with Gasteiger partial charge in [-0.3, -0.25) is 4.79 Å². The molecule has 1 saturated heterocycles. The van der Waals surface area contributed by atoms with Crippen LogP contribution in [0.1, 0.15) is 27.2 Å². The van der Waals surface area contributed by atoms with Crippen LogP contribution in [0.15, 0.2) is 0 Å². The number of amides is 2. The zero-order valence-corrected chi connectivity index (χ0v) is 13.2. The molecule has 0 spiro atoms. The van der Waals surface area contributed by atoms with Gasteiger partial charge in [0.05, 0.1) is 0 Å². The molecule has 0 bridgehead atoms. The number of hydrogen-bond donors (Lipinski definition) is 1. The van der Waals surface area contributed by atoms with Crippen LogP contribution in [0.4, 0.5) is 4.79 Å². The van der Waals surface area contributed by atoms with E-state index in [1.54, 1.807) is 11.9 Å².